The van der Waals surface area contributed by atoms with E-state index in [1.165, 1.54) is 0 Å². The number of nitrogens with two attached hydrogens (primary N) is 1. The summed E-state index contributed by atoms with van der Waals surface area (Å²) in [5.74, 6) is -0.192. The number of rotatable bonds is 4. The zero-order valence-corrected chi connectivity index (χ0v) is 8.80. The van der Waals surface area contributed by atoms with Gasteiger partial charge in [-0.2, -0.15) is 0 Å². The molecule has 5 N–H and O–H groups in total. The summed E-state index contributed by atoms with van der Waals surface area (Å²) in [7, 11) is -4.00. The van der Waals surface area contributed by atoms with Crippen molar-refractivity contribution in [2.45, 2.75) is 5.92 Å². The monoisotopic (exact) mass is 217 g/mol. The van der Waals surface area contributed by atoms with E-state index in [1.807, 2.05) is 30.3 Å². The van der Waals surface area contributed by atoms with Crippen LogP contribution < -0.4 is 5.73 Å². The van der Waals surface area contributed by atoms with Crippen molar-refractivity contribution in [3.05, 3.63) is 35.9 Å². The average Bonchev–Trinajstić information content (AvgIpc) is 2.14. The summed E-state index contributed by atoms with van der Waals surface area (Å²) in [5.41, 5.74) is 6.42. The molecule has 80 valence electrons. The molecule has 1 aromatic carbocycles. The first kappa shape index (κ1) is 11.6. The summed E-state index contributed by atoms with van der Waals surface area (Å²) in [5, 5.41) is 0. The maximum absolute atomic E-state index is 8.97. The summed E-state index contributed by atoms with van der Waals surface area (Å²) >= 11 is 0. The van der Waals surface area contributed by atoms with Crippen molar-refractivity contribution >= 4 is 7.94 Å². The Labute approximate surface area is 83.6 Å². The van der Waals surface area contributed by atoms with Crippen LogP contribution in [0.2, 0.25) is 0 Å². The van der Waals surface area contributed by atoms with Crippen LogP contribution in [-0.4, -0.2) is 27.4 Å². The third kappa shape index (κ3) is 3.70. The van der Waals surface area contributed by atoms with Crippen LogP contribution in [-0.2, 0) is 0 Å². The molecule has 0 fully saturated rings. The zero-order valence-electron chi connectivity index (χ0n) is 7.80. The van der Waals surface area contributed by atoms with E-state index in [9.17, 15) is 0 Å². The molecule has 4 nitrogen and oxygen atoms in total. The number of benzene rings is 1. The zero-order chi connectivity index (χ0) is 10.6. The Hall–Kier alpha value is -0.510. The van der Waals surface area contributed by atoms with Gasteiger partial charge in [-0.3, -0.25) is 0 Å². The molecule has 1 aromatic rings. The molecular formula is C9H16NO3P. The van der Waals surface area contributed by atoms with Crippen LogP contribution in [0.15, 0.2) is 30.3 Å². The van der Waals surface area contributed by atoms with E-state index in [4.69, 9.17) is 20.4 Å². The molecule has 0 aromatic heterocycles. The number of hydrogen-bond acceptors (Lipinski definition) is 4. The van der Waals surface area contributed by atoms with E-state index in [0.29, 0.717) is 6.54 Å². The first-order chi connectivity index (χ1) is 6.53. The van der Waals surface area contributed by atoms with Crippen molar-refractivity contribution < 1.29 is 14.7 Å². The van der Waals surface area contributed by atoms with E-state index < -0.39 is 7.94 Å². The van der Waals surface area contributed by atoms with Crippen LogP contribution in [0.3, 0.4) is 0 Å². The molecule has 1 rings (SSSR count). The van der Waals surface area contributed by atoms with E-state index in [0.717, 1.165) is 5.56 Å². The van der Waals surface area contributed by atoms with Crippen LogP contribution in [0.25, 0.3) is 0 Å². The SMILES string of the molecule is NCC(C[PH](O)(O)O)c1ccccc1. The molecule has 0 saturated heterocycles. The molecule has 0 saturated carbocycles. The summed E-state index contributed by atoms with van der Waals surface area (Å²) in [6, 6.07) is 9.30. The van der Waals surface area contributed by atoms with Crippen molar-refractivity contribution in [1.29, 1.82) is 0 Å². The maximum atomic E-state index is 8.97. The summed E-state index contributed by atoms with van der Waals surface area (Å²) < 4.78 is 0. The average molecular weight is 217 g/mol. The van der Waals surface area contributed by atoms with Gasteiger partial charge in [-0.05, 0) is 0 Å². The summed E-state index contributed by atoms with van der Waals surface area (Å²) in [6.07, 6.45) is -0.0481. The van der Waals surface area contributed by atoms with Gasteiger partial charge in [-0.1, -0.05) is 0 Å². The molecule has 0 aliphatic heterocycles. The van der Waals surface area contributed by atoms with Gasteiger partial charge in [-0.25, -0.2) is 0 Å². The van der Waals surface area contributed by atoms with Crippen LogP contribution >= 0.6 is 7.94 Å². The predicted molar refractivity (Wildman–Crippen MR) is 58.1 cm³/mol. The van der Waals surface area contributed by atoms with Gasteiger partial charge in [0.2, 0.25) is 0 Å². The normalized spacial score (nSPS) is 15.1. The van der Waals surface area contributed by atoms with Crippen molar-refractivity contribution in [3.8, 4) is 0 Å². The van der Waals surface area contributed by atoms with Crippen LogP contribution in [0.1, 0.15) is 11.5 Å². The van der Waals surface area contributed by atoms with Gasteiger partial charge in [0.1, 0.15) is 0 Å². The second kappa shape index (κ2) is 4.82. The third-order valence-corrected chi connectivity index (χ3v) is 3.12. The molecule has 0 spiro atoms. The van der Waals surface area contributed by atoms with Crippen LogP contribution in [0, 0.1) is 0 Å². The van der Waals surface area contributed by atoms with Crippen LogP contribution in [0.5, 0.6) is 0 Å². The molecule has 0 amide bonds. The fraction of sp³-hybridized carbons (Fsp3) is 0.333. The van der Waals surface area contributed by atoms with Crippen molar-refractivity contribution in [2.75, 3.05) is 12.7 Å². The molecule has 1 atom stereocenters. The molecule has 1 unspecified atom stereocenters. The molecular weight excluding hydrogens is 201 g/mol. The van der Waals surface area contributed by atoms with E-state index in [1.54, 1.807) is 0 Å². The molecule has 0 radical (unpaired) electrons. The predicted octanol–water partition coefficient (Wildman–Crippen LogP) is 0.201. The van der Waals surface area contributed by atoms with Crippen molar-refractivity contribution in [1.82, 2.24) is 0 Å². The van der Waals surface area contributed by atoms with Crippen molar-refractivity contribution in [3.63, 3.8) is 0 Å². The summed E-state index contributed by atoms with van der Waals surface area (Å²) in [4.78, 5) is 26.9. The molecule has 0 bridgehead atoms. The number of hydrogen-bond donors (Lipinski definition) is 4. The first-order valence-electron chi connectivity index (χ1n) is 4.45. The molecule has 0 aliphatic rings. The minimum atomic E-state index is -4.00. The Morgan fingerprint density at radius 3 is 2.14 bits per heavy atom. The summed E-state index contributed by atoms with van der Waals surface area (Å²) in [6.45, 7) is 0.292. The minimum absolute atomic E-state index is 0.0481. The van der Waals surface area contributed by atoms with Gasteiger partial charge in [-0.15, -0.1) is 0 Å². The standard InChI is InChI=1S/C9H16NO3P/c10-6-9(7-14(11,12)13)8-4-2-1-3-5-8/h1-5,9,11-14H,6-7,10H2. The Bertz CT molecular complexity index is 273. The van der Waals surface area contributed by atoms with E-state index in [2.05, 4.69) is 0 Å². The quantitative estimate of drug-likeness (QED) is 0.543. The van der Waals surface area contributed by atoms with Gasteiger partial charge in [0, 0.05) is 0 Å². The molecule has 14 heavy (non-hydrogen) atoms. The van der Waals surface area contributed by atoms with Gasteiger partial charge >= 0.3 is 82.9 Å². The van der Waals surface area contributed by atoms with Gasteiger partial charge < -0.3 is 0 Å². The Morgan fingerprint density at radius 1 is 1.14 bits per heavy atom. The van der Waals surface area contributed by atoms with E-state index >= 15 is 0 Å². The fourth-order valence-electron chi connectivity index (χ4n) is 1.39. The Morgan fingerprint density at radius 2 is 1.71 bits per heavy atom. The molecule has 5 heteroatoms. The Kier molecular flexibility index (Phi) is 3.98. The topological polar surface area (TPSA) is 86.7 Å². The molecule has 0 heterocycles. The van der Waals surface area contributed by atoms with Crippen LogP contribution in [0.4, 0.5) is 0 Å². The second-order valence-electron chi connectivity index (χ2n) is 3.32. The van der Waals surface area contributed by atoms with Gasteiger partial charge in [0.15, 0.2) is 0 Å². The van der Waals surface area contributed by atoms with E-state index in [-0.39, 0.29) is 12.1 Å². The van der Waals surface area contributed by atoms with Gasteiger partial charge in [0.05, 0.1) is 0 Å². The second-order valence-corrected chi connectivity index (χ2v) is 5.28. The third-order valence-electron chi connectivity index (χ3n) is 2.08. The first-order valence-corrected chi connectivity index (χ1v) is 6.50. The van der Waals surface area contributed by atoms with Gasteiger partial charge in [0.25, 0.3) is 0 Å². The fourth-order valence-corrected chi connectivity index (χ4v) is 2.46. The Balaban J connectivity index is 2.73. The molecule has 0 aliphatic carbocycles. The van der Waals surface area contributed by atoms with Crippen molar-refractivity contribution in [2.24, 2.45) is 5.73 Å².